The largest absolute Gasteiger partial charge is 0.479 e. The van der Waals surface area contributed by atoms with E-state index < -0.39 is 67.5 Å². The molecule has 1 rings (SSSR count). The van der Waals surface area contributed by atoms with Crippen molar-refractivity contribution in [2.24, 2.45) is 5.18 Å². The quantitative estimate of drug-likeness (QED) is 0.0650. The second-order valence-corrected chi connectivity index (χ2v) is 9.38. The highest BCUT2D eigenvalue weighted by Gasteiger charge is 2.49. The number of carbonyl (C=O) groups excluding carboxylic acids is 2. The summed E-state index contributed by atoms with van der Waals surface area (Å²) >= 11 is 0. The Hall–Kier alpha value is -1.23. The summed E-state index contributed by atoms with van der Waals surface area (Å²) in [5.74, 6) is -1.23. The fourth-order valence-electron chi connectivity index (χ4n) is 2.34. The van der Waals surface area contributed by atoms with Gasteiger partial charge in [-0.3, -0.25) is 18.7 Å². The smallest absolute Gasteiger partial charge is 0.388 e. The zero-order valence-electron chi connectivity index (χ0n) is 17.2. The highest BCUT2D eigenvalue weighted by atomic mass is 31.3. The number of aliphatic hydroxyl groups is 1. The standard InChI is InChI=1S/C12H22N3O15P3/c1-6(16)15(3)4-7(12(18)13-2)11-9(14-19)10(17)8(26-11)5-25-33(23,24)30-32(22)29-28-31(21)27-20/h4,8-11,17,20,22,31H,5H2,1-3H3,(H,13,18)(H,23,24)/b7-4-. The van der Waals surface area contributed by atoms with E-state index in [1.165, 1.54) is 21.0 Å². The zero-order chi connectivity index (χ0) is 25.3. The number of rotatable bonds is 13. The van der Waals surface area contributed by atoms with Crippen LogP contribution in [-0.2, 0) is 46.3 Å². The van der Waals surface area contributed by atoms with Crippen molar-refractivity contribution in [3.05, 3.63) is 16.7 Å². The number of hydrogen-bond donors (Lipinski definition) is 5. The predicted molar refractivity (Wildman–Crippen MR) is 106 cm³/mol. The van der Waals surface area contributed by atoms with E-state index in [4.69, 9.17) is 9.99 Å². The molecule has 0 bridgehead atoms. The maximum absolute atomic E-state index is 12.2. The highest BCUT2D eigenvalue weighted by molar-refractivity contribution is 7.58. The van der Waals surface area contributed by atoms with Crippen molar-refractivity contribution >= 4 is 36.5 Å². The van der Waals surface area contributed by atoms with Crippen LogP contribution in [0.5, 0.6) is 0 Å². The second kappa shape index (κ2) is 13.6. The number of phosphoric ester groups is 1. The number of carbonyl (C=O) groups is 2. The summed E-state index contributed by atoms with van der Waals surface area (Å²) in [6.07, 6.45) is -3.60. The van der Waals surface area contributed by atoms with Crippen LogP contribution < -0.4 is 5.32 Å². The van der Waals surface area contributed by atoms with Crippen LogP contribution in [0.4, 0.5) is 0 Å². The second-order valence-electron chi connectivity index (χ2n) is 6.06. The molecule has 33 heavy (non-hydrogen) atoms. The molecule has 0 aromatic carbocycles. The lowest BCUT2D eigenvalue weighted by Gasteiger charge is -2.20. The Morgan fingerprint density at radius 1 is 1.42 bits per heavy atom. The third kappa shape index (κ3) is 9.15. The topological polar surface area (TPSA) is 249 Å². The van der Waals surface area contributed by atoms with Gasteiger partial charge in [0.25, 0.3) is 5.91 Å². The Morgan fingerprint density at radius 2 is 2.06 bits per heavy atom. The minimum atomic E-state index is -5.10. The molecule has 7 atom stereocenters. The van der Waals surface area contributed by atoms with E-state index in [-0.39, 0.29) is 5.57 Å². The average Bonchev–Trinajstić information content (AvgIpc) is 3.08. The lowest BCUT2D eigenvalue weighted by Crippen LogP contribution is -2.37. The molecule has 1 fully saturated rings. The minimum Gasteiger partial charge on any atom is -0.388 e. The molecule has 1 saturated heterocycles. The van der Waals surface area contributed by atoms with Gasteiger partial charge in [-0.15, -0.1) is 9.35 Å². The maximum atomic E-state index is 12.2. The summed E-state index contributed by atoms with van der Waals surface area (Å²) in [7, 11) is -9.37. The number of likely N-dealkylation sites (N-methyl/N-ethyl adjacent to an activating group) is 1. The monoisotopic (exact) mass is 541 g/mol. The summed E-state index contributed by atoms with van der Waals surface area (Å²) in [5.41, 5.74) is -0.254. The van der Waals surface area contributed by atoms with Gasteiger partial charge in [0.05, 0.1) is 12.2 Å². The lowest BCUT2D eigenvalue weighted by molar-refractivity contribution is -0.184. The molecular formula is C12H22N3O15P3. The van der Waals surface area contributed by atoms with Gasteiger partial charge in [0.15, 0.2) is 6.04 Å². The molecule has 1 heterocycles. The molecule has 18 nitrogen and oxygen atoms in total. The maximum Gasteiger partial charge on any atom is 0.479 e. The summed E-state index contributed by atoms with van der Waals surface area (Å²) in [5, 5.41) is 23.3. The Balaban J connectivity index is 2.90. The summed E-state index contributed by atoms with van der Waals surface area (Å²) in [4.78, 5) is 54.9. The molecule has 190 valence electrons. The Bertz CT molecular complexity index is 812. The molecule has 0 aliphatic carbocycles. The van der Waals surface area contributed by atoms with Crippen LogP contribution >= 0.6 is 24.7 Å². The van der Waals surface area contributed by atoms with Gasteiger partial charge in [-0.25, -0.2) is 14.1 Å². The first kappa shape index (κ1) is 29.8. The first-order valence-electron chi connectivity index (χ1n) is 8.56. The van der Waals surface area contributed by atoms with Crippen LogP contribution in [-0.4, -0.2) is 81.9 Å². The van der Waals surface area contributed by atoms with E-state index in [9.17, 15) is 38.5 Å². The van der Waals surface area contributed by atoms with Gasteiger partial charge in [0.1, 0.15) is 18.3 Å². The van der Waals surface area contributed by atoms with Crippen molar-refractivity contribution in [1.82, 2.24) is 10.2 Å². The number of nitrogens with zero attached hydrogens (tertiary/aromatic N) is 2. The van der Waals surface area contributed by atoms with Crippen molar-refractivity contribution < 1.29 is 66.5 Å². The molecular weight excluding hydrogens is 519 g/mol. The van der Waals surface area contributed by atoms with Crippen molar-refractivity contribution in [1.29, 1.82) is 0 Å². The minimum absolute atomic E-state index is 0.254. The molecule has 1 aliphatic rings. The van der Waals surface area contributed by atoms with Gasteiger partial charge in [0, 0.05) is 27.2 Å². The molecule has 0 aromatic heterocycles. The van der Waals surface area contributed by atoms with Crippen molar-refractivity contribution in [2.75, 3.05) is 20.7 Å². The Morgan fingerprint density at radius 3 is 2.58 bits per heavy atom. The SMILES string of the molecule is CNC(=O)/C(=C\N(C)C(C)=O)C1OC(COP(=O)(O)OP(O)OO[PH](=O)OO)C(O)C1N=O. The number of aliphatic hydroxyl groups excluding tert-OH is 1. The van der Waals surface area contributed by atoms with Gasteiger partial charge in [-0.1, -0.05) is 5.18 Å². The first-order chi connectivity index (χ1) is 15.4. The number of phosphoric acid groups is 1. The third-order valence-corrected chi connectivity index (χ3v) is 6.50. The van der Waals surface area contributed by atoms with Crippen molar-refractivity contribution in [2.45, 2.75) is 31.3 Å². The fraction of sp³-hybridized carbons (Fsp3) is 0.667. The van der Waals surface area contributed by atoms with Crippen LogP contribution in [0, 0.1) is 4.91 Å². The molecule has 5 N–H and O–H groups in total. The van der Waals surface area contributed by atoms with Crippen LogP contribution in [0.15, 0.2) is 16.9 Å². The molecule has 7 unspecified atom stereocenters. The predicted octanol–water partition coefficient (Wildman–Crippen LogP) is -0.462. The number of nitrogens with one attached hydrogen (secondary N) is 1. The van der Waals surface area contributed by atoms with E-state index >= 15 is 0 Å². The molecule has 21 heteroatoms. The fourth-order valence-corrected chi connectivity index (χ4v) is 4.20. The van der Waals surface area contributed by atoms with E-state index in [0.717, 1.165) is 11.1 Å². The molecule has 0 aromatic rings. The number of amides is 2. The van der Waals surface area contributed by atoms with Gasteiger partial charge in [-0.2, -0.15) is 9.58 Å². The third-order valence-electron chi connectivity index (χ3n) is 3.93. The van der Waals surface area contributed by atoms with Gasteiger partial charge in [0.2, 0.25) is 5.91 Å². The summed E-state index contributed by atoms with van der Waals surface area (Å²) in [6, 6.07) is -1.57. The van der Waals surface area contributed by atoms with E-state index in [2.05, 4.69) is 33.4 Å². The van der Waals surface area contributed by atoms with Crippen molar-refractivity contribution in [3.63, 3.8) is 0 Å². The number of ether oxygens (including phenoxy) is 1. The molecule has 0 radical (unpaired) electrons. The van der Waals surface area contributed by atoms with Crippen molar-refractivity contribution in [3.8, 4) is 0 Å². The van der Waals surface area contributed by atoms with Crippen LogP contribution in [0.1, 0.15) is 6.92 Å². The van der Waals surface area contributed by atoms with Crippen LogP contribution in [0.25, 0.3) is 0 Å². The Labute approximate surface area is 187 Å². The first-order valence-corrected chi connectivity index (χ1v) is 12.4. The molecule has 0 saturated carbocycles. The molecule has 0 spiro atoms. The highest BCUT2D eigenvalue weighted by Crippen LogP contribution is 2.56. The molecule has 1 aliphatic heterocycles. The zero-order valence-corrected chi connectivity index (χ0v) is 20.0. The number of hydrogen-bond acceptors (Lipinski definition) is 15. The lowest BCUT2D eigenvalue weighted by atomic mass is 9.99. The van der Waals surface area contributed by atoms with Crippen LogP contribution in [0.2, 0.25) is 0 Å². The average molecular weight is 541 g/mol. The summed E-state index contributed by atoms with van der Waals surface area (Å²) in [6.45, 7) is 0.301. The normalized spacial score (nSPS) is 26.8. The van der Waals surface area contributed by atoms with Gasteiger partial charge in [-0.05, 0) is 0 Å². The van der Waals surface area contributed by atoms with E-state index in [1.54, 1.807) is 0 Å². The van der Waals surface area contributed by atoms with E-state index in [0.29, 0.717) is 0 Å². The van der Waals surface area contributed by atoms with Crippen LogP contribution in [0.3, 0.4) is 0 Å². The van der Waals surface area contributed by atoms with Gasteiger partial charge >= 0.3 is 24.7 Å². The Kier molecular flexibility index (Phi) is 12.3. The van der Waals surface area contributed by atoms with E-state index in [1.807, 2.05) is 0 Å². The molecule has 2 amide bonds. The summed E-state index contributed by atoms with van der Waals surface area (Å²) < 4.78 is 47.6. The van der Waals surface area contributed by atoms with Gasteiger partial charge < -0.3 is 29.8 Å². The number of nitroso groups, excluding NO2 is 1.